The van der Waals surface area contributed by atoms with Crippen molar-refractivity contribution in [1.82, 2.24) is 9.55 Å². The second-order valence-electron chi connectivity index (χ2n) is 5.85. The van der Waals surface area contributed by atoms with Crippen molar-refractivity contribution in [3.8, 4) is 0 Å². The normalized spacial score (nSPS) is 17.4. The van der Waals surface area contributed by atoms with E-state index in [0.29, 0.717) is 11.4 Å². The minimum Gasteiger partial charge on any atom is -0.481 e. The number of imidazole rings is 1. The Morgan fingerprint density at radius 1 is 1.43 bits per heavy atom. The molecule has 1 fully saturated rings. The summed E-state index contributed by atoms with van der Waals surface area (Å²) in [5, 5.41) is 10.3. The predicted molar refractivity (Wildman–Crippen MR) is 82.7 cm³/mol. The summed E-state index contributed by atoms with van der Waals surface area (Å²) in [5.74, 6) is 0.144. The van der Waals surface area contributed by atoms with Crippen LogP contribution in [-0.4, -0.2) is 20.6 Å². The molecule has 0 saturated heterocycles. The lowest BCUT2D eigenvalue weighted by molar-refractivity contribution is -0.148. The zero-order valence-electron chi connectivity index (χ0n) is 12.1. The third-order valence-corrected chi connectivity index (χ3v) is 4.93. The van der Waals surface area contributed by atoms with Crippen molar-refractivity contribution >= 4 is 28.6 Å². The first kappa shape index (κ1) is 14.4. The number of benzene rings is 1. The Labute approximate surface area is 128 Å². The van der Waals surface area contributed by atoms with Crippen LogP contribution in [0.25, 0.3) is 11.0 Å². The molecule has 4 nitrogen and oxygen atoms in total. The number of nitrogens with zero attached hydrogens (tertiary/aromatic N) is 2. The number of aliphatic carboxylic acids is 1. The second-order valence-corrected chi connectivity index (χ2v) is 6.26. The van der Waals surface area contributed by atoms with E-state index in [-0.39, 0.29) is 0 Å². The van der Waals surface area contributed by atoms with Gasteiger partial charge in [-0.15, -0.1) is 0 Å². The van der Waals surface area contributed by atoms with Crippen LogP contribution in [-0.2, 0) is 17.8 Å². The van der Waals surface area contributed by atoms with Crippen LogP contribution in [0.15, 0.2) is 18.2 Å². The number of carbonyl (C=O) groups is 1. The molecule has 1 heterocycles. The summed E-state index contributed by atoms with van der Waals surface area (Å²) in [6, 6.07) is 5.66. The van der Waals surface area contributed by atoms with Crippen molar-refractivity contribution in [2.75, 3.05) is 0 Å². The Hall–Kier alpha value is -1.55. The lowest BCUT2D eigenvalue weighted by atomic mass is 9.82. The van der Waals surface area contributed by atoms with Gasteiger partial charge in [0.25, 0.3) is 0 Å². The topological polar surface area (TPSA) is 55.1 Å². The molecule has 1 aliphatic rings. The minimum atomic E-state index is -0.694. The predicted octanol–water partition coefficient (Wildman–Crippen LogP) is 3.90. The first-order chi connectivity index (χ1) is 10.1. The van der Waals surface area contributed by atoms with Crippen molar-refractivity contribution in [3.63, 3.8) is 0 Å². The van der Waals surface area contributed by atoms with E-state index in [9.17, 15) is 9.90 Å². The van der Waals surface area contributed by atoms with Crippen molar-refractivity contribution in [2.45, 2.75) is 45.6 Å². The molecule has 1 aromatic heterocycles. The van der Waals surface area contributed by atoms with E-state index < -0.39 is 11.4 Å². The molecule has 1 aromatic carbocycles. The molecule has 21 heavy (non-hydrogen) atoms. The van der Waals surface area contributed by atoms with Crippen LogP contribution >= 0.6 is 11.6 Å². The van der Waals surface area contributed by atoms with E-state index in [0.717, 1.165) is 49.1 Å². The van der Waals surface area contributed by atoms with Crippen LogP contribution < -0.4 is 0 Å². The van der Waals surface area contributed by atoms with Gasteiger partial charge in [-0.2, -0.15) is 0 Å². The molecular weight excluding hydrogens is 288 g/mol. The van der Waals surface area contributed by atoms with Crippen molar-refractivity contribution in [2.24, 2.45) is 5.41 Å². The Kier molecular flexibility index (Phi) is 3.66. The number of hydrogen-bond acceptors (Lipinski definition) is 2. The summed E-state index contributed by atoms with van der Waals surface area (Å²) in [6.45, 7) is 2.78. The minimum absolute atomic E-state index is 0.487. The zero-order chi connectivity index (χ0) is 15.0. The van der Waals surface area contributed by atoms with Gasteiger partial charge in [-0.25, -0.2) is 4.98 Å². The average molecular weight is 307 g/mol. The standard InChI is InChI=1S/C16H19ClN2O2/c1-2-19-13(10-16(15(20)21)8-3-4-9-16)18-12-7-5-6-11(17)14(12)19/h5-7H,2-4,8-10H2,1H3,(H,20,21). The van der Waals surface area contributed by atoms with Crippen molar-refractivity contribution in [3.05, 3.63) is 29.0 Å². The average Bonchev–Trinajstić information content (AvgIpc) is 3.05. The molecule has 1 saturated carbocycles. The van der Waals surface area contributed by atoms with Gasteiger partial charge in [0.15, 0.2) is 0 Å². The number of halogens is 1. The SMILES string of the molecule is CCn1c(CC2(C(=O)O)CCCC2)nc2cccc(Cl)c21. The molecule has 0 amide bonds. The number of hydrogen-bond donors (Lipinski definition) is 1. The summed E-state index contributed by atoms with van der Waals surface area (Å²) < 4.78 is 2.06. The first-order valence-corrected chi connectivity index (χ1v) is 7.82. The molecule has 0 spiro atoms. The quantitative estimate of drug-likeness (QED) is 0.932. The van der Waals surface area contributed by atoms with Crippen LogP contribution in [0.1, 0.15) is 38.4 Å². The lowest BCUT2D eigenvalue weighted by Crippen LogP contribution is -2.31. The number of rotatable bonds is 4. The number of carboxylic acid groups (broad SMARTS) is 1. The molecule has 1 aliphatic carbocycles. The van der Waals surface area contributed by atoms with Gasteiger partial charge in [0.1, 0.15) is 5.82 Å². The van der Waals surface area contributed by atoms with Crippen LogP contribution in [0, 0.1) is 5.41 Å². The van der Waals surface area contributed by atoms with Gasteiger partial charge < -0.3 is 9.67 Å². The van der Waals surface area contributed by atoms with Crippen molar-refractivity contribution in [1.29, 1.82) is 0 Å². The van der Waals surface area contributed by atoms with E-state index in [1.54, 1.807) is 0 Å². The number of aromatic nitrogens is 2. The maximum absolute atomic E-state index is 11.7. The number of para-hydroxylation sites is 1. The molecule has 0 unspecified atom stereocenters. The summed E-state index contributed by atoms with van der Waals surface area (Å²) in [7, 11) is 0. The van der Waals surface area contributed by atoms with Crippen LogP contribution in [0.4, 0.5) is 0 Å². The second kappa shape index (κ2) is 5.34. The van der Waals surface area contributed by atoms with Gasteiger partial charge >= 0.3 is 5.97 Å². The Morgan fingerprint density at radius 3 is 2.76 bits per heavy atom. The fraction of sp³-hybridized carbons (Fsp3) is 0.500. The number of carboxylic acids is 1. The highest BCUT2D eigenvalue weighted by molar-refractivity contribution is 6.35. The fourth-order valence-corrected chi connectivity index (χ4v) is 3.76. The Bertz CT molecular complexity index is 687. The van der Waals surface area contributed by atoms with Gasteiger partial charge in [0, 0.05) is 13.0 Å². The summed E-state index contributed by atoms with van der Waals surface area (Å²) in [4.78, 5) is 16.4. The Morgan fingerprint density at radius 2 is 2.14 bits per heavy atom. The molecule has 112 valence electrons. The van der Waals surface area contributed by atoms with Gasteiger partial charge in [-0.3, -0.25) is 4.79 Å². The third-order valence-electron chi connectivity index (χ3n) is 4.62. The Balaban J connectivity index is 2.08. The third kappa shape index (κ3) is 2.31. The molecule has 3 rings (SSSR count). The van der Waals surface area contributed by atoms with Gasteiger partial charge in [-0.05, 0) is 31.9 Å². The maximum atomic E-state index is 11.7. The summed E-state index contributed by atoms with van der Waals surface area (Å²) in [5.41, 5.74) is 1.11. The van der Waals surface area contributed by atoms with Crippen LogP contribution in [0.3, 0.4) is 0 Å². The van der Waals surface area contributed by atoms with Gasteiger partial charge in [0.05, 0.1) is 21.5 Å². The van der Waals surface area contributed by atoms with E-state index in [4.69, 9.17) is 11.6 Å². The summed E-state index contributed by atoms with van der Waals surface area (Å²) in [6.07, 6.45) is 3.94. The van der Waals surface area contributed by atoms with E-state index in [2.05, 4.69) is 9.55 Å². The lowest BCUT2D eigenvalue weighted by Gasteiger charge is -2.23. The van der Waals surface area contributed by atoms with E-state index in [1.165, 1.54) is 0 Å². The zero-order valence-corrected chi connectivity index (χ0v) is 12.9. The smallest absolute Gasteiger partial charge is 0.310 e. The molecule has 0 radical (unpaired) electrons. The number of aryl methyl sites for hydroxylation is 1. The largest absolute Gasteiger partial charge is 0.481 e. The summed E-state index contributed by atoms with van der Waals surface area (Å²) >= 11 is 6.29. The molecule has 2 aromatic rings. The van der Waals surface area contributed by atoms with Gasteiger partial charge in [-0.1, -0.05) is 30.5 Å². The highest BCUT2D eigenvalue weighted by Gasteiger charge is 2.42. The highest BCUT2D eigenvalue weighted by atomic mass is 35.5. The maximum Gasteiger partial charge on any atom is 0.310 e. The fourth-order valence-electron chi connectivity index (χ4n) is 3.49. The van der Waals surface area contributed by atoms with Crippen LogP contribution in [0.2, 0.25) is 5.02 Å². The monoisotopic (exact) mass is 306 g/mol. The molecule has 0 atom stereocenters. The van der Waals surface area contributed by atoms with Crippen LogP contribution in [0.5, 0.6) is 0 Å². The molecule has 1 N–H and O–H groups in total. The molecule has 0 bridgehead atoms. The highest BCUT2D eigenvalue weighted by Crippen LogP contribution is 2.41. The molecule has 5 heteroatoms. The number of fused-ring (bicyclic) bond motifs is 1. The van der Waals surface area contributed by atoms with E-state index in [1.807, 2.05) is 25.1 Å². The van der Waals surface area contributed by atoms with Gasteiger partial charge in [0.2, 0.25) is 0 Å². The first-order valence-electron chi connectivity index (χ1n) is 7.44. The molecular formula is C16H19ClN2O2. The van der Waals surface area contributed by atoms with E-state index >= 15 is 0 Å². The molecule has 0 aliphatic heterocycles. The van der Waals surface area contributed by atoms with Crippen molar-refractivity contribution < 1.29 is 9.90 Å².